The highest BCUT2D eigenvalue weighted by molar-refractivity contribution is 9.10. The number of halogens is 1. The topological polar surface area (TPSA) is 75.4 Å². The van der Waals surface area contributed by atoms with Crippen molar-refractivity contribution in [2.45, 2.75) is 0 Å². The summed E-state index contributed by atoms with van der Waals surface area (Å²) in [5, 5.41) is 21.2. The van der Waals surface area contributed by atoms with Gasteiger partial charge >= 0.3 is 0 Å². The average Bonchev–Trinajstić information content (AvgIpc) is 2.96. The molecule has 0 spiro atoms. The Hall–Kier alpha value is -2.45. The fourth-order valence-electron chi connectivity index (χ4n) is 2.15. The summed E-state index contributed by atoms with van der Waals surface area (Å²) >= 11 is 8.61. The summed E-state index contributed by atoms with van der Waals surface area (Å²) in [6, 6.07) is 12.5. The van der Waals surface area contributed by atoms with Crippen LogP contribution in [0.2, 0.25) is 0 Å². The monoisotopic (exact) mass is 404 g/mol. The average molecular weight is 405 g/mol. The lowest BCUT2D eigenvalue weighted by molar-refractivity contribution is 0.416. The molecule has 122 valence electrons. The first-order chi connectivity index (χ1) is 11.6. The molecule has 0 aliphatic rings. The summed E-state index contributed by atoms with van der Waals surface area (Å²) in [6.45, 7) is 0. The largest absolute Gasteiger partial charge is 0.507 e. The van der Waals surface area contributed by atoms with Gasteiger partial charge in [-0.05, 0) is 42.5 Å². The number of aromatic amines is 1. The maximum atomic E-state index is 9.91. The van der Waals surface area contributed by atoms with Gasteiger partial charge in [0.25, 0.3) is 0 Å². The van der Waals surface area contributed by atoms with Gasteiger partial charge in [0.05, 0.1) is 18.9 Å². The number of H-pyrrole nitrogens is 1. The van der Waals surface area contributed by atoms with Crippen molar-refractivity contribution in [1.29, 1.82) is 0 Å². The number of para-hydroxylation sites is 1. The van der Waals surface area contributed by atoms with Crippen LogP contribution in [0.1, 0.15) is 5.56 Å². The van der Waals surface area contributed by atoms with E-state index in [1.54, 1.807) is 25.3 Å². The van der Waals surface area contributed by atoms with E-state index in [0.717, 1.165) is 10.0 Å². The maximum Gasteiger partial charge on any atom is 0.216 e. The molecule has 0 aliphatic heterocycles. The Labute approximate surface area is 151 Å². The summed E-state index contributed by atoms with van der Waals surface area (Å²) in [6.07, 6.45) is 1.52. The predicted octanol–water partition coefficient (Wildman–Crippen LogP) is 3.97. The molecule has 0 unspecified atom stereocenters. The highest BCUT2D eigenvalue weighted by Crippen LogP contribution is 2.28. The number of methoxy groups -OCH3 is 1. The summed E-state index contributed by atoms with van der Waals surface area (Å²) in [4.78, 5) is 0. The zero-order chi connectivity index (χ0) is 17.1. The number of aromatic hydroxyl groups is 1. The zero-order valence-electron chi connectivity index (χ0n) is 12.6. The fourth-order valence-corrected chi connectivity index (χ4v) is 2.71. The third-order valence-electron chi connectivity index (χ3n) is 3.30. The quantitative estimate of drug-likeness (QED) is 0.509. The molecule has 1 heterocycles. The number of phenols is 1. The van der Waals surface area contributed by atoms with E-state index in [2.05, 4.69) is 31.2 Å². The van der Waals surface area contributed by atoms with Gasteiger partial charge < -0.3 is 9.84 Å². The van der Waals surface area contributed by atoms with Gasteiger partial charge in [-0.25, -0.2) is 5.10 Å². The standard InChI is InChI=1S/C16H13BrN4O2S/c1-23-14-5-3-2-4-12(14)15-19-20-16(24)21(15)18-9-10-8-11(17)6-7-13(10)22/h2-9,22H,1H3,(H,20,24)/b18-9+. The molecule has 2 N–H and O–H groups in total. The van der Waals surface area contributed by atoms with Crippen LogP contribution in [-0.4, -0.2) is 33.3 Å². The number of nitrogens with zero attached hydrogens (tertiary/aromatic N) is 3. The van der Waals surface area contributed by atoms with E-state index < -0.39 is 0 Å². The Morgan fingerprint density at radius 3 is 2.92 bits per heavy atom. The SMILES string of the molecule is COc1ccccc1-c1n[nH]c(=S)n1/N=C/c1cc(Br)ccc1O. The Morgan fingerprint density at radius 1 is 1.33 bits per heavy atom. The van der Waals surface area contributed by atoms with Gasteiger partial charge in [0.15, 0.2) is 5.82 Å². The molecule has 8 heteroatoms. The van der Waals surface area contributed by atoms with Crippen LogP contribution >= 0.6 is 28.1 Å². The van der Waals surface area contributed by atoms with Crippen molar-refractivity contribution in [2.24, 2.45) is 5.10 Å². The molecule has 0 saturated carbocycles. The van der Waals surface area contributed by atoms with Crippen molar-refractivity contribution in [3.05, 3.63) is 57.3 Å². The molecule has 2 aromatic carbocycles. The normalized spacial score (nSPS) is 11.1. The first-order valence-electron chi connectivity index (χ1n) is 6.94. The summed E-state index contributed by atoms with van der Waals surface area (Å²) < 4.78 is 8.01. The Morgan fingerprint density at radius 2 is 2.12 bits per heavy atom. The van der Waals surface area contributed by atoms with Gasteiger partial charge in [-0.3, -0.25) is 0 Å². The number of aromatic nitrogens is 3. The van der Waals surface area contributed by atoms with Gasteiger partial charge in [0, 0.05) is 10.0 Å². The van der Waals surface area contributed by atoms with Crippen LogP contribution in [0.15, 0.2) is 52.0 Å². The minimum Gasteiger partial charge on any atom is -0.507 e. The molecule has 0 saturated heterocycles. The first kappa shape index (κ1) is 16.4. The maximum absolute atomic E-state index is 9.91. The van der Waals surface area contributed by atoms with E-state index in [1.807, 2.05) is 24.3 Å². The number of benzene rings is 2. The summed E-state index contributed by atoms with van der Waals surface area (Å²) in [5.41, 5.74) is 1.31. The van der Waals surface area contributed by atoms with Crippen LogP contribution in [-0.2, 0) is 0 Å². The molecule has 1 aromatic heterocycles. The molecule has 3 aromatic rings. The number of ether oxygens (including phenoxy) is 1. The second-order valence-electron chi connectivity index (χ2n) is 4.81. The van der Waals surface area contributed by atoms with Gasteiger partial charge in [-0.1, -0.05) is 28.1 Å². The van der Waals surface area contributed by atoms with Crippen LogP contribution in [0.3, 0.4) is 0 Å². The van der Waals surface area contributed by atoms with Crippen LogP contribution in [0.4, 0.5) is 0 Å². The molecule has 6 nitrogen and oxygen atoms in total. The lowest BCUT2D eigenvalue weighted by Gasteiger charge is -2.07. The van der Waals surface area contributed by atoms with Crippen molar-refractivity contribution >= 4 is 34.4 Å². The van der Waals surface area contributed by atoms with Gasteiger partial charge in [0.1, 0.15) is 11.5 Å². The molecule has 0 amide bonds. The zero-order valence-corrected chi connectivity index (χ0v) is 15.0. The molecule has 0 aliphatic carbocycles. The molecule has 3 rings (SSSR count). The lowest BCUT2D eigenvalue weighted by atomic mass is 10.2. The van der Waals surface area contributed by atoms with Gasteiger partial charge in [-0.15, -0.1) is 0 Å². The highest BCUT2D eigenvalue weighted by atomic mass is 79.9. The van der Waals surface area contributed by atoms with E-state index in [9.17, 15) is 5.11 Å². The summed E-state index contributed by atoms with van der Waals surface area (Å²) in [7, 11) is 1.59. The van der Waals surface area contributed by atoms with Crippen LogP contribution in [0.5, 0.6) is 11.5 Å². The number of nitrogens with one attached hydrogen (secondary N) is 1. The second-order valence-corrected chi connectivity index (χ2v) is 6.11. The molecule has 0 bridgehead atoms. The molecule has 0 fully saturated rings. The van der Waals surface area contributed by atoms with Crippen molar-refractivity contribution in [1.82, 2.24) is 14.9 Å². The van der Waals surface area contributed by atoms with E-state index in [1.165, 1.54) is 10.9 Å². The third kappa shape index (κ3) is 3.24. The molecule has 24 heavy (non-hydrogen) atoms. The van der Waals surface area contributed by atoms with Crippen LogP contribution < -0.4 is 4.74 Å². The Balaban J connectivity index is 2.07. The van der Waals surface area contributed by atoms with Crippen molar-refractivity contribution < 1.29 is 9.84 Å². The van der Waals surface area contributed by atoms with E-state index >= 15 is 0 Å². The van der Waals surface area contributed by atoms with Gasteiger partial charge in [-0.2, -0.15) is 14.9 Å². The second kappa shape index (κ2) is 6.98. The first-order valence-corrected chi connectivity index (χ1v) is 8.14. The number of rotatable bonds is 4. The van der Waals surface area contributed by atoms with Crippen LogP contribution in [0.25, 0.3) is 11.4 Å². The minimum absolute atomic E-state index is 0.121. The Bertz CT molecular complexity index is 965. The Kier molecular flexibility index (Phi) is 4.77. The number of hydrogen-bond acceptors (Lipinski definition) is 5. The number of phenolic OH excluding ortho intramolecular Hbond substituents is 1. The summed E-state index contributed by atoms with van der Waals surface area (Å²) in [5.74, 6) is 1.30. The molecular weight excluding hydrogens is 392 g/mol. The third-order valence-corrected chi connectivity index (χ3v) is 4.06. The van der Waals surface area contributed by atoms with Crippen LogP contribution in [0, 0.1) is 4.77 Å². The molecular formula is C16H13BrN4O2S. The van der Waals surface area contributed by atoms with Crippen molar-refractivity contribution in [3.63, 3.8) is 0 Å². The highest BCUT2D eigenvalue weighted by Gasteiger charge is 2.13. The van der Waals surface area contributed by atoms with Crippen molar-refractivity contribution in [2.75, 3.05) is 7.11 Å². The smallest absolute Gasteiger partial charge is 0.216 e. The molecule has 0 atom stereocenters. The van der Waals surface area contributed by atoms with Gasteiger partial charge in [0.2, 0.25) is 4.77 Å². The lowest BCUT2D eigenvalue weighted by Crippen LogP contribution is -1.97. The number of hydrogen-bond donors (Lipinski definition) is 2. The van der Waals surface area contributed by atoms with E-state index in [4.69, 9.17) is 17.0 Å². The van der Waals surface area contributed by atoms with Crippen molar-refractivity contribution in [3.8, 4) is 22.9 Å². The van der Waals surface area contributed by atoms with E-state index in [0.29, 0.717) is 21.9 Å². The minimum atomic E-state index is 0.121. The predicted molar refractivity (Wildman–Crippen MR) is 98.2 cm³/mol. The fraction of sp³-hybridized carbons (Fsp3) is 0.0625. The molecule has 0 radical (unpaired) electrons. The van der Waals surface area contributed by atoms with E-state index in [-0.39, 0.29) is 5.75 Å².